The Bertz CT molecular complexity index is 1150. The number of carbonyl (C=O) groups is 3. The van der Waals surface area contributed by atoms with Crippen molar-refractivity contribution in [1.29, 1.82) is 0 Å². The maximum Gasteiger partial charge on any atom is 0.344 e. The summed E-state index contributed by atoms with van der Waals surface area (Å²) < 4.78 is 21.3. The number of esters is 3. The lowest BCUT2D eigenvalue weighted by atomic mass is 10.0. The normalized spacial score (nSPS) is 10.6. The quantitative estimate of drug-likeness (QED) is 0.186. The topological polar surface area (TPSA) is 88.1 Å². The van der Waals surface area contributed by atoms with Crippen LogP contribution in [-0.2, 0) is 14.3 Å². The van der Waals surface area contributed by atoms with E-state index in [1.165, 1.54) is 7.11 Å². The van der Waals surface area contributed by atoms with Crippen LogP contribution in [-0.4, -0.2) is 38.2 Å². The van der Waals surface area contributed by atoms with Crippen molar-refractivity contribution in [2.75, 3.05) is 20.3 Å². The van der Waals surface area contributed by atoms with Gasteiger partial charge in [-0.3, -0.25) is 4.79 Å². The fourth-order valence-corrected chi connectivity index (χ4v) is 3.54. The zero-order chi connectivity index (χ0) is 25.0. The molecule has 0 fully saturated rings. The van der Waals surface area contributed by atoms with Gasteiger partial charge in [0.1, 0.15) is 11.5 Å². The molecule has 3 rings (SSSR count). The second-order valence-electron chi connectivity index (χ2n) is 7.90. The van der Waals surface area contributed by atoms with Crippen molar-refractivity contribution in [2.45, 2.75) is 39.0 Å². The van der Waals surface area contributed by atoms with Gasteiger partial charge in [-0.1, -0.05) is 31.2 Å². The Kier molecular flexibility index (Phi) is 9.66. The minimum absolute atomic E-state index is 0.163. The molecule has 0 bridgehead atoms. The first-order chi connectivity index (χ1) is 17.0. The fraction of sp³-hybridized carbons (Fsp3) is 0.321. The molecule has 0 aromatic heterocycles. The van der Waals surface area contributed by atoms with Gasteiger partial charge in [0.2, 0.25) is 0 Å². The first-order valence-corrected chi connectivity index (χ1v) is 11.7. The average molecular weight is 479 g/mol. The molecule has 0 radical (unpaired) electrons. The van der Waals surface area contributed by atoms with E-state index in [0.717, 1.165) is 36.5 Å². The van der Waals surface area contributed by atoms with E-state index in [-0.39, 0.29) is 5.97 Å². The minimum Gasteiger partial charge on any atom is -0.493 e. The second kappa shape index (κ2) is 13.1. The third-order valence-electron chi connectivity index (χ3n) is 5.44. The van der Waals surface area contributed by atoms with Gasteiger partial charge in [-0.2, -0.15) is 0 Å². The summed E-state index contributed by atoms with van der Waals surface area (Å²) in [6, 6.07) is 17.2. The van der Waals surface area contributed by atoms with Crippen LogP contribution in [0.15, 0.2) is 60.7 Å². The van der Waals surface area contributed by atoms with Crippen molar-refractivity contribution in [1.82, 2.24) is 0 Å². The van der Waals surface area contributed by atoms with E-state index in [1.54, 1.807) is 43.3 Å². The number of unbranched alkanes of at least 4 members (excludes halogenated alkanes) is 3. The standard InChI is InChI=1S/C28H30O7/c1-3-26(29)34-19-9-5-4-8-18-33-25-17-16-24(22-10-6-7-11-23(22)25)28(31)35-21-14-12-20(13-15-21)27(30)32-2/h6-7,10-17H,3-5,8-9,18-19H2,1-2H3. The molecule has 7 nitrogen and oxygen atoms in total. The summed E-state index contributed by atoms with van der Waals surface area (Å²) >= 11 is 0. The van der Waals surface area contributed by atoms with Crippen molar-refractivity contribution >= 4 is 28.7 Å². The first kappa shape index (κ1) is 25.7. The maximum atomic E-state index is 12.9. The predicted octanol–water partition coefficient (Wildman–Crippen LogP) is 5.74. The molecule has 0 aliphatic carbocycles. The molecule has 184 valence electrons. The molecule has 3 aromatic rings. The summed E-state index contributed by atoms with van der Waals surface area (Å²) in [5.74, 6) is -0.0822. The van der Waals surface area contributed by atoms with Crippen LogP contribution in [0.5, 0.6) is 11.5 Å². The molecular weight excluding hydrogens is 448 g/mol. The molecule has 0 spiro atoms. The fourth-order valence-electron chi connectivity index (χ4n) is 3.54. The van der Waals surface area contributed by atoms with Crippen LogP contribution < -0.4 is 9.47 Å². The zero-order valence-corrected chi connectivity index (χ0v) is 20.1. The molecule has 0 N–H and O–H groups in total. The van der Waals surface area contributed by atoms with Crippen LogP contribution >= 0.6 is 0 Å². The molecule has 3 aromatic carbocycles. The van der Waals surface area contributed by atoms with Gasteiger partial charge in [0.25, 0.3) is 0 Å². The van der Waals surface area contributed by atoms with Crippen molar-refractivity contribution in [2.24, 2.45) is 0 Å². The Morgan fingerprint density at radius 1 is 0.743 bits per heavy atom. The number of carbonyl (C=O) groups excluding carboxylic acids is 3. The molecule has 0 saturated carbocycles. The van der Waals surface area contributed by atoms with E-state index < -0.39 is 11.9 Å². The van der Waals surface area contributed by atoms with Crippen LogP contribution in [0.3, 0.4) is 0 Å². The molecule has 0 atom stereocenters. The highest BCUT2D eigenvalue weighted by atomic mass is 16.5. The molecule has 0 saturated heterocycles. The van der Waals surface area contributed by atoms with Crippen molar-refractivity contribution in [3.8, 4) is 11.5 Å². The van der Waals surface area contributed by atoms with Crippen LogP contribution in [0.4, 0.5) is 0 Å². The number of ether oxygens (including phenoxy) is 4. The third kappa shape index (κ3) is 7.30. The minimum atomic E-state index is -0.498. The van der Waals surface area contributed by atoms with Gasteiger partial charge >= 0.3 is 17.9 Å². The Balaban J connectivity index is 1.57. The Morgan fingerprint density at radius 3 is 2.11 bits per heavy atom. The summed E-state index contributed by atoms with van der Waals surface area (Å²) in [5.41, 5.74) is 0.797. The third-order valence-corrected chi connectivity index (χ3v) is 5.44. The number of methoxy groups -OCH3 is 1. The molecule has 0 amide bonds. The SMILES string of the molecule is CCC(=O)OCCCCCCOc1ccc(C(=O)Oc2ccc(C(=O)OC)cc2)c2ccccc12. The zero-order valence-electron chi connectivity index (χ0n) is 20.1. The molecule has 0 unspecified atom stereocenters. The number of benzene rings is 3. The number of hydrogen-bond donors (Lipinski definition) is 0. The average Bonchev–Trinajstić information content (AvgIpc) is 2.89. The first-order valence-electron chi connectivity index (χ1n) is 11.7. The summed E-state index contributed by atoms with van der Waals surface area (Å²) in [6.07, 6.45) is 4.06. The summed E-state index contributed by atoms with van der Waals surface area (Å²) in [6.45, 7) is 2.80. The molecule has 0 aliphatic rings. The Hall–Kier alpha value is -3.87. The van der Waals surface area contributed by atoms with Gasteiger partial charge in [-0.05, 0) is 67.5 Å². The van der Waals surface area contributed by atoms with Crippen LogP contribution in [0.2, 0.25) is 0 Å². The Morgan fingerprint density at radius 2 is 1.43 bits per heavy atom. The van der Waals surface area contributed by atoms with Crippen molar-refractivity contribution in [3.05, 3.63) is 71.8 Å². The number of fused-ring (bicyclic) bond motifs is 1. The van der Waals surface area contributed by atoms with E-state index in [0.29, 0.717) is 42.3 Å². The lowest BCUT2D eigenvalue weighted by Gasteiger charge is -2.12. The summed E-state index contributed by atoms with van der Waals surface area (Å²) in [5, 5.41) is 1.56. The van der Waals surface area contributed by atoms with Crippen LogP contribution in [0.1, 0.15) is 59.7 Å². The lowest BCUT2D eigenvalue weighted by Crippen LogP contribution is -2.10. The van der Waals surface area contributed by atoms with E-state index in [9.17, 15) is 14.4 Å². The molecule has 0 aliphatic heterocycles. The van der Waals surface area contributed by atoms with E-state index in [4.69, 9.17) is 14.2 Å². The Labute approximate surface area is 204 Å². The molecule has 35 heavy (non-hydrogen) atoms. The van der Waals surface area contributed by atoms with Gasteiger partial charge < -0.3 is 18.9 Å². The molecule has 0 heterocycles. The predicted molar refractivity (Wildman–Crippen MR) is 132 cm³/mol. The van der Waals surface area contributed by atoms with Gasteiger partial charge in [0.05, 0.1) is 31.5 Å². The van der Waals surface area contributed by atoms with Crippen molar-refractivity contribution < 1.29 is 33.3 Å². The smallest absolute Gasteiger partial charge is 0.344 e. The highest BCUT2D eigenvalue weighted by molar-refractivity contribution is 6.07. The lowest BCUT2D eigenvalue weighted by molar-refractivity contribution is -0.143. The highest BCUT2D eigenvalue weighted by Crippen LogP contribution is 2.29. The van der Waals surface area contributed by atoms with Gasteiger partial charge in [-0.25, -0.2) is 9.59 Å². The summed E-state index contributed by atoms with van der Waals surface area (Å²) in [4.78, 5) is 35.6. The largest absolute Gasteiger partial charge is 0.493 e. The van der Waals surface area contributed by atoms with Crippen LogP contribution in [0.25, 0.3) is 10.8 Å². The van der Waals surface area contributed by atoms with E-state index >= 15 is 0 Å². The number of hydrogen-bond acceptors (Lipinski definition) is 7. The van der Waals surface area contributed by atoms with Gasteiger partial charge in [-0.15, -0.1) is 0 Å². The van der Waals surface area contributed by atoms with Gasteiger partial charge in [0.15, 0.2) is 0 Å². The number of rotatable bonds is 12. The second-order valence-corrected chi connectivity index (χ2v) is 7.90. The van der Waals surface area contributed by atoms with E-state index in [1.807, 2.05) is 24.3 Å². The monoisotopic (exact) mass is 478 g/mol. The van der Waals surface area contributed by atoms with E-state index in [2.05, 4.69) is 4.74 Å². The van der Waals surface area contributed by atoms with Gasteiger partial charge in [0, 0.05) is 11.8 Å². The maximum absolute atomic E-state index is 12.9. The van der Waals surface area contributed by atoms with Crippen molar-refractivity contribution in [3.63, 3.8) is 0 Å². The van der Waals surface area contributed by atoms with Crippen LogP contribution in [0, 0.1) is 0 Å². The molecule has 7 heteroatoms. The highest BCUT2D eigenvalue weighted by Gasteiger charge is 2.16. The molecular formula is C28H30O7. The summed E-state index contributed by atoms with van der Waals surface area (Å²) in [7, 11) is 1.31.